The van der Waals surface area contributed by atoms with Gasteiger partial charge in [0.05, 0.1) is 34.6 Å². The fraction of sp³-hybridized carbons (Fsp3) is 0.231. The topological polar surface area (TPSA) is 111 Å². The highest BCUT2D eigenvalue weighted by Crippen LogP contribution is 2.43. The van der Waals surface area contributed by atoms with Crippen molar-refractivity contribution >= 4 is 28.7 Å². The number of nitrogens with one attached hydrogen (secondary N) is 1. The van der Waals surface area contributed by atoms with Gasteiger partial charge in [-0.25, -0.2) is 18.9 Å². The Morgan fingerprint density at radius 1 is 1.11 bits per heavy atom. The van der Waals surface area contributed by atoms with E-state index >= 15 is 0 Å². The fourth-order valence-corrected chi connectivity index (χ4v) is 4.67. The normalized spacial score (nSPS) is 16.8. The standard InChI is InChI=1S/C26H21ClFN7O2/c1-12-4-5-16(23-33-25(37-34-23)17-10-19(17)28)8-20(12)32-24(36)18-11-29-35-7-6-15(9-21(18)35)22-13(2)30-26(27)31-14(22)3/h4-9,11,17,19H,10H2,1-3H3,(H,32,36)/t17-,19-/m0/s1. The van der Waals surface area contributed by atoms with E-state index in [1.807, 2.05) is 45.0 Å². The molecule has 5 aromatic rings. The zero-order chi connectivity index (χ0) is 25.8. The first-order chi connectivity index (χ1) is 17.8. The van der Waals surface area contributed by atoms with Gasteiger partial charge in [-0.1, -0.05) is 17.3 Å². The molecule has 1 saturated carbocycles. The average Bonchev–Trinajstić information content (AvgIpc) is 3.23. The molecule has 1 aliphatic carbocycles. The molecule has 11 heteroatoms. The minimum absolute atomic E-state index is 0.193. The minimum Gasteiger partial charge on any atom is -0.339 e. The Labute approximate surface area is 215 Å². The fourth-order valence-electron chi connectivity index (χ4n) is 4.41. The zero-order valence-electron chi connectivity index (χ0n) is 20.2. The van der Waals surface area contributed by atoms with E-state index in [0.29, 0.717) is 40.5 Å². The summed E-state index contributed by atoms with van der Waals surface area (Å²) in [5.74, 6) is 0.00664. The number of benzene rings is 1. The molecule has 1 N–H and O–H groups in total. The molecule has 186 valence electrons. The van der Waals surface area contributed by atoms with Crippen molar-refractivity contribution in [1.29, 1.82) is 0 Å². The van der Waals surface area contributed by atoms with E-state index in [0.717, 1.165) is 28.1 Å². The average molecular weight is 518 g/mol. The molecule has 6 rings (SSSR count). The van der Waals surface area contributed by atoms with Crippen LogP contribution in [0.1, 0.15) is 45.5 Å². The lowest BCUT2D eigenvalue weighted by molar-refractivity contribution is 0.102. The van der Waals surface area contributed by atoms with E-state index in [1.165, 1.54) is 6.20 Å². The number of pyridine rings is 1. The van der Waals surface area contributed by atoms with E-state index in [9.17, 15) is 9.18 Å². The van der Waals surface area contributed by atoms with E-state index in [4.69, 9.17) is 16.1 Å². The Kier molecular flexibility index (Phi) is 5.49. The van der Waals surface area contributed by atoms with Crippen LogP contribution in [0.2, 0.25) is 5.28 Å². The van der Waals surface area contributed by atoms with Crippen molar-refractivity contribution in [3.8, 4) is 22.5 Å². The first-order valence-corrected chi connectivity index (χ1v) is 12.0. The lowest BCUT2D eigenvalue weighted by atomic mass is 10.0. The van der Waals surface area contributed by atoms with E-state index in [2.05, 4.69) is 30.5 Å². The minimum atomic E-state index is -0.924. The van der Waals surface area contributed by atoms with Gasteiger partial charge in [0, 0.05) is 23.0 Å². The molecule has 1 aromatic carbocycles. The number of aromatic nitrogens is 6. The van der Waals surface area contributed by atoms with Crippen molar-refractivity contribution < 1.29 is 13.7 Å². The third kappa shape index (κ3) is 4.23. The Bertz CT molecular complexity index is 1670. The molecule has 4 aromatic heterocycles. The maximum atomic E-state index is 13.4. The molecular weight excluding hydrogens is 497 g/mol. The monoisotopic (exact) mass is 517 g/mol. The molecular formula is C26H21ClFN7O2. The van der Waals surface area contributed by atoms with Crippen LogP contribution in [0, 0.1) is 20.8 Å². The summed E-state index contributed by atoms with van der Waals surface area (Å²) in [5, 5.41) is 11.5. The number of fused-ring (bicyclic) bond motifs is 1. The van der Waals surface area contributed by atoms with Gasteiger partial charge in [0.1, 0.15) is 6.17 Å². The molecule has 0 aliphatic heterocycles. The highest BCUT2D eigenvalue weighted by molar-refractivity contribution is 6.28. The van der Waals surface area contributed by atoms with E-state index in [1.54, 1.807) is 16.8 Å². The van der Waals surface area contributed by atoms with Crippen LogP contribution in [-0.2, 0) is 0 Å². The quantitative estimate of drug-likeness (QED) is 0.306. The van der Waals surface area contributed by atoms with Crippen LogP contribution < -0.4 is 5.32 Å². The van der Waals surface area contributed by atoms with Crippen molar-refractivity contribution in [2.45, 2.75) is 39.3 Å². The number of carbonyl (C=O) groups excluding carboxylic acids is 1. The molecule has 0 saturated heterocycles. The SMILES string of the molecule is Cc1ccc(-c2noc([C@H]3C[C@@H]3F)n2)cc1NC(=O)c1cnn2ccc(-c3c(C)nc(Cl)nc3C)cc12. The summed E-state index contributed by atoms with van der Waals surface area (Å²) in [6.45, 7) is 5.62. The Morgan fingerprint density at radius 2 is 1.86 bits per heavy atom. The molecule has 0 radical (unpaired) electrons. The molecule has 1 amide bonds. The number of hydrogen-bond donors (Lipinski definition) is 1. The largest absolute Gasteiger partial charge is 0.339 e. The van der Waals surface area contributed by atoms with E-state index < -0.39 is 6.17 Å². The molecule has 1 fully saturated rings. The molecule has 2 atom stereocenters. The number of rotatable bonds is 5. The summed E-state index contributed by atoms with van der Waals surface area (Å²) in [7, 11) is 0. The van der Waals surface area contributed by atoms with Crippen molar-refractivity contribution in [1.82, 2.24) is 29.7 Å². The smallest absolute Gasteiger partial charge is 0.259 e. The maximum Gasteiger partial charge on any atom is 0.259 e. The van der Waals surface area contributed by atoms with Gasteiger partial charge in [-0.3, -0.25) is 4.79 Å². The first kappa shape index (κ1) is 23.2. The molecule has 0 unspecified atom stereocenters. The highest BCUT2D eigenvalue weighted by atomic mass is 35.5. The number of anilines is 1. The van der Waals surface area contributed by atoms with Crippen molar-refractivity contribution in [2.24, 2.45) is 0 Å². The number of carbonyl (C=O) groups is 1. The Hall–Kier alpha value is -4.18. The van der Waals surface area contributed by atoms with Crippen molar-refractivity contribution in [3.05, 3.63) is 76.4 Å². The summed E-state index contributed by atoms with van der Waals surface area (Å²) in [4.78, 5) is 26.2. The van der Waals surface area contributed by atoms with Gasteiger partial charge >= 0.3 is 0 Å². The first-order valence-electron chi connectivity index (χ1n) is 11.7. The van der Waals surface area contributed by atoms with Gasteiger partial charge in [-0.2, -0.15) is 10.1 Å². The van der Waals surface area contributed by atoms with Crippen LogP contribution in [0.4, 0.5) is 10.1 Å². The predicted octanol–water partition coefficient (Wildman–Crippen LogP) is 5.50. The zero-order valence-corrected chi connectivity index (χ0v) is 20.9. The van der Waals surface area contributed by atoms with Crippen LogP contribution >= 0.6 is 11.6 Å². The summed E-state index contributed by atoms with van der Waals surface area (Å²) in [6.07, 6.45) is 2.80. The number of hydrogen-bond acceptors (Lipinski definition) is 7. The molecule has 0 spiro atoms. The second-order valence-corrected chi connectivity index (χ2v) is 9.48. The van der Waals surface area contributed by atoms with Gasteiger partial charge in [0.2, 0.25) is 17.0 Å². The van der Waals surface area contributed by atoms with Crippen molar-refractivity contribution in [2.75, 3.05) is 5.32 Å². The van der Waals surface area contributed by atoms with Gasteiger partial charge in [-0.05, 0) is 68.1 Å². The van der Waals surface area contributed by atoms with Crippen LogP contribution in [-0.4, -0.2) is 41.8 Å². The lowest BCUT2D eigenvalue weighted by Crippen LogP contribution is -2.12. The second kappa shape index (κ2) is 8.74. The lowest BCUT2D eigenvalue weighted by Gasteiger charge is -2.11. The number of alkyl halides is 1. The highest BCUT2D eigenvalue weighted by Gasteiger charge is 2.43. The summed E-state index contributed by atoms with van der Waals surface area (Å²) >= 11 is 6.00. The van der Waals surface area contributed by atoms with Crippen molar-refractivity contribution in [3.63, 3.8) is 0 Å². The number of aryl methyl sites for hydroxylation is 3. The molecule has 4 heterocycles. The number of halogens is 2. The van der Waals surface area contributed by atoms with Crippen LogP contribution in [0.3, 0.4) is 0 Å². The predicted molar refractivity (Wildman–Crippen MR) is 135 cm³/mol. The summed E-state index contributed by atoms with van der Waals surface area (Å²) in [6, 6.07) is 9.25. The third-order valence-corrected chi connectivity index (χ3v) is 6.68. The maximum absolute atomic E-state index is 13.4. The molecule has 9 nitrogen and oxygen atoms in total. The van der Waals surface area contributed by atoms with Gasteiger partial charge in [0.25, 0.3) is 5.91 Å². The summed E-state index contributed by atoms with van der Waals surface area (Å²) < 4.78 is 20.2. The van der Waals surface area contributed by atoms with Crippen LogP contribution in [0.5, 0.6) is 0 Å². The molecule has 1 aliphatic rings. The second-order valence-electron chi connectivity index (χ2n) is 9.14. The van der Waals surface area contributed by atoms with Gasteiger partial charge in [-0.15, -0.1) is 0 Å². The molecule has 37 heavy (non-hydrogen) atoms. The Balaban J connectivity index is 1.31. The van der Waals surface area contributed by atoms with Gasteiger partial charge < -0.3 is 9.84 Å². The number of nitrogens with zero attached hydrogens (tertiary/aromatic N) is 6. The third-order valence-electron chi connectivity index (χ3n) is 6.51. The Morgan fingerprint density at radius 3 is 2.59 bits per heavy atom. The van der Waals surface area contributed by atoms with E-state index in [-0.39, 0.29) is 17.1 Å². The van der Waals surface area contributed by atoms with Gasteiger partial charge in [0.15, 0.2) is 0 Å². The van der Waals surface area contributed by atoms with Crippen LogP contribution in [0.15, 0.2) is 47.2 Å². The number of amides is 1. The summed E-state index contributed by atoms with van der Waals surface area (Å²) in [5.41, 5.74) is 6.33. The van der Waals surface area contributed by atoms with Crippen LogP contribution in [0.25, 0.3) is 28.0 Å². The molecule has 0 bridgehead atoms.